The molecule has 3 amide bonds. The van der Waals surface area contributed by atoms with Crippen molar-refractivity contribution in [3.05, 3.63) is 65.3 Å². The van der Waals surface area contributed by atoms with Crippen LogP contribution < -0.4 is 4.90 Å². The summed E-state index contributed by atoms with van der Waals surface area (Å²) in [7, 11) is 0. The molecule has 1 atom stereocenters. The number of hydrogen-bond donors (Lipinski definition) is 0. The maximum Gasteiger partial charge on any atom is 0.321 e. The van der Waals surface area contributed by atoms with Crippen molar-refractivity contribution >= 4 is 23.3 Å². The van der Waals surface area contributed by atoms with E-state index in [4.69, 9.17) is 6.57 Å². The Morgan fingerprint density at radius 1 is 1.30 bits per heavy atom. The van der Waals surface area contributed by atoms with Gasteiger partial charge < -0.3 is 9.88 Å². The molecule has 0 aliphatic carbocycles. The number of amides is 3. The zero-order valence-electron chi connectivity index (χ0n) is 15.0. The van der Waals surface area contributed by atoms with E-state index in [1.54, 1.807) is 36.1 Å². The molecule has 2 fully saturated rings. The van der Waals surface area contributed by atoms with Crippen molar-refractivity contribution in [3.63, 3.8) is 0 Å². The number of benzene rings is 1. The van der Waals surface area contributed by atoms with E-state index in [-0.39, 0.29) is 44.6 Å². The second-order valence-electron chi connectivity index (χ2n) is 6.76. The fourth-order valence-electron chi connectivity index (χ4n) is 3.93. The van der Waals surface area contributed by atoms with Crippen molar-refractivity contribution in [2.45, 2.75) is 31.7 Å². The van der Waals surface area contributed by atoms with Crippen LogP contribution in [-0.2, 0) is 43.9 Å². The van der Waals surface area contributed by atoms with Crippen LogP contribution in [-0.4, -0.2) is 33.9 Å². The molecule has 133 valence electrons. The minimum absolute atomic E-state index is 0. The van der Waals surface area contributed by atoms with Gasteiger partial charge in [0.25, 0.3) is 0 Å². The van der Waals surface area contributed by atoms with Gasteiger partial charge in [-0.2, -0.15) is 0 Å². The predicted octanol–water partition coefficient (Wildman–Crippen LogP) is 3.28. The largest absolute Gasteiger partial charge is 0.391 e. The molecule has 27 heavy (non-hydrogen) atoms. The molecule has 2 aliphatic rings. The second kappa shape index (κ2) is 7.49. The van der Waals surface area contributed by atoms with Crippen molar-refractivity contribution in [3.8, 4) is 0 Å². The number of aromatic nitrogens is 1. The topological polar surface area (TPSA) is 57.9 Å². The molecule has 4 rings (SSSR count). The van der Waals surface area contributed by atoms with Crippen molar-refractivity contribution < 1.29 is 42.3 Å². The standard InChI is InChI=1S/C20H17N4O2.Y/c1-14-12-17(8-10-22-14)24-18(25)20(9-3-11-23(20)19(24)26)13-15-4-6-16(21-2)7-5-15;/h4-8,12H,3,9,11,13H2,1H3;/q-1;. The summed E-state index contributed by atoms with van der Waals surface area (Å²) in [6.45, 7) is 9.44. The predicted molar refractivity (Wildman–Crippen MR) is 95.8 cm³/mol. The van der Waals surface area contributed by atoms with Crippen LogP contribution in [0.3, 0.4) is 0 Å². The van der Waals surface area contributed by atoms with Gasteiger partial charge in [-0.1, -0.05) is 48.8 Å². The molecule has 1 aromatic heterocycles. The van der Waals surface area contributed by atoms with E-state index in [0.717, 1.165) is 12.0 Å². The summed E-state index contributed by atoms with van der Waals surface area (Å²) in [6, 6.07) is 10.3. The zero-order valence-corrected chi connectivity index (χ0v) is 17.8. The van der Waals surface area contributed by atoms with E-state index in [0.29, 0.717) is 36.5 Å². The fourth-order valence-corrected chi connectivity index (χ4v) is 3.93. The van der Waals surface area contributed by atoms with Crippen molar-refractivity contribution in [2.75, 3.05) is 11.4 Å². The Labute approximate surface area is 183 Å². The van der Waals surface area contributed by atoms with Gasteiger partial charge >= 0.3 is 6.03 Å². The normalized spacial score (nSPS) is 21.0. The molecule has 3 heterocycles. The maximum atomic E-state index is 13.3. The van der Waals surface area contributed by atoms with Crippen molar-refractivity contribution in [2.24, 2.45) is 0 Å². The zero-order chi connectivity index (χ0) is 18.3. The third-order valence-electron chi connectivity index (χ3n) is 5.14. The minimum Gasteiger partial charge on any atom is -0.391 e. The summed E-state index contributed by atoms with van der Waals surface area (Å²) in [4.78, 5) is 36.7. The first-order valence-electron chi connectivity index (χ1n) is 8.52. The smallest absolute Gasteiger partial charge is 0.321 e. The summed E-state index contributed by atoms with van der Waals surface area (Å²) in [5, 5.41) is 0. The first-order valence-corrected chi connectivity index (χ1v) is 8.52. The van der Waals surface area contributed by atoms with Crippen LogP contribution in [0.1, 0.15) is 24.1 Å². The summed E-state index contributed by atoms with van der Waals surface area (Å²) in [6.07, 6.45) is 4.66. The number of nitrogens with zero attached hydrogens (tertiary/aromatic N) is 4. The Hall–Kier alpha value is -2.10. The van der Waals surface area contributed by atoms with Crippen LogP contribution in [0.25, 0.3) is 4.85 Å². The number of aryl methyl sites for hydroxylation is 1. The molecule has 2 aromatic rings. The number of urea groups is 1. The molecule has 1 unspecified atom stereocenters. The minimum atomic E-state index is -0.839. The number of fused-ring (bicyclic) bond motifs is 1. The van der Waals surface area contributed by atoms with Crippen LogP contribution >= 0.6 is 0 Å². The Bertz CT molecular complexity index is 938. The van der Waals surface area contributed by atoms with Crippen LogP contribution in [0, 0.1) is 19.7 Å². The average Bonchev–Trinajstić information content (AvgIpc) is 3.14. The van der Waals surface area contributed by atoms with Gasteiger partial charge in [0.1, 0.15) is 5.54 Å². The molecule has 0 saturated carbocycles. The van der Waals surface area contributed by atoms with Gasteiger partial charge in [0.2, 0.25) is 5.91 Å². The quantitative estimate of drug-likeness (QED) is 0.551. The van der Waals surface area contributed by atoms with Gasteiger partial charge in [0, 0.05) is 45.7 Å². The first kappa shape index (κ1) is 19.7. The number of hydrogen-bond acceptors (Lipinski definition) is 3. The van der Waals surface area contributed by atoms with E-state index in [2.05, 4.69) is 16.0 Å². The first-order chi connectivity index (χ1) is 12.5. The van der Waals surface area contributed by atoms with E-state index in [9.17, 15) is 9.59 Å². The molecule has 2 saturated heterocycles. The number of rotatable bonds is 3. The van der Waals surface area contributed by atoms with E-state index < -0.39 is 5.54 Å². The third kappa shape index (κ3) is 3.20. The molecular weight excluding hydrogens is 417 g/mol. The van der Waals surface area contributed by atoms with Crippen molar-refractivity contribution in [1.29, 1.82) is 0 Å². The number of carbonyl (C=O) groups is 2. The van der Waals surface area contributed by atoms with E-state index in [1.807, 2.05) is 12.1 Å². The number of pyridine rings is 1. The average molecular weight is 434 g/mol. The van der Waals surface area contributed by atoms with Crippen LogP contribution in [0.5, 0.6) is 0 Å². The molecule has 2 aliphatic heterocycles. The monoisotopic (exact) mass is 434 g/mol. The molecular formula is C20H17N4O2Y-. The fraction of sp³-hybridized carbons (Fsp3) is 0.300. The molecule has 0 bridgehead atoms. The summed E-state index contributed by atoms with van der Waals surface area (Å²) in [5.74, 6) is -0.187. The molecule has 6 nitrogen and oxygen atoms in total. The van der Waals surface area contributed by atoms with Crippen molar-refractivity contribution in [1.82, 2.24) is 9.88 Å². The van der Waals surface area contributed by atoms with Gasteiger partial charge in [-0.15, -0.1) is 12.1 Å². The Kier molecular flexibility index (Phi) is 5.46. The van der Waals surface area contributed by atoms with E-state index >= 15 is 0 Å². The summed E-state index contributed by atoms with van der Waals surface area (Å²) >= 11 is 0. The molecule has 0 spiro atoms. The second-order valence-corrected chi connectivity index (χ2v) is 6.76. The SMILES string of the molecule is [C-]#[N+]c1ccc(CC23CCCN2C(=O)N(c2c[c-]nc(C)c2)C3=O)cc1.[Y]. The molecule has 1 radical (unpaired) electrons. The van der Waals surface area contributed by atoms with Gasteiger partial charge in [0.05, 0.1) is 6.57 Å². The summed E-state index contributed by atoms with van der Waals surface area (Å²) < 4.78 is 0. The van der Waals surface area contributed by atoms with Gasteiger partial charge in [-0.25, -0.2) is 9.64 Å². The van der Waals surface area contributed by atoms with Crippen LogP contribution in [0.15, 0.2) is 36.4 Å². The molecule has 7 heteroatoms. The third-order valence-corrected chi connectivity index (χ3v) is 5.14. The number of imide groups is 1. The van der Waals surface area contributed by atoms with Crippen LogP contribution in [0.2, 0.25) is 0 Å². The van der Waals surface area contributed by atoms with Crippen LogP contribution in [0.4, 0.5) is 16.2 Å². The van der Waals surface area contributed by atoms with E-state index in [1.165, 1.54) is 4.90 Å². The molecule has 1 aromatic carbocycles. The Morgan fingerprint density at radius 2 is 2.04 bits per heavy atom. The van der Waals surface area contributed by atoms with Gasteiger partial charge in [-0.05, 0) is 18.4 Å². The molecule has 0 N–H and O–H groups in total. The van der Waals surface area contributed by atoms with Gasteiger partial charge in [-0.3, -0.25) is 9.69 Å². The Balaban J connectivity index is 0.00000210. The summed E-state index contributed by atoms with van der Waals surface area (Å²) in [5.41, 5.74) is 1.90. The Morgan fingerprint density at radius 3 is 2.70 bits per heavy atom. The number of anilines is 1. The number of carbonyl (C=O) groups excluding carboxylic acids is 2. The maximum absolute atomic E-state index is 13.3. The van der Waals surface area contributed by atoms with Gasteiger partial charge in [0.15, 0.2) is 5.69 Å².